The van der Waals surface area contributed by atoms with E-state index in [0.29, 0.717) is 17.8 Å². The van der Waals surface area contributed by atoms with E-state index in [1.165, 1.54) is 0 Å². The van der Waals surface area contributed by atoms with Crippen molar-refractivity contribution in [1.29, 1.82) is 0 Å². The van der Waals surface area contributed by atoms with E-state index in [0.717, 1.165) is 5.82 Å². The largest absolute Gasteiger partial charge is 0.481 e. The molecule has 2 rings (SSSR count). The molecule has 0 saturated carbocycles. The number of anilines is 1. The minimum absolute atomic E-state index is 0.0361. The van der Waals surface area contributed by atoms with Gasteiger partial charge < -0.3 is 20.3 Å². The van der Waals surface area contributed by atoms with Gasteiger partial charge in [0.1, 0.15) is 5.82 Å². The van der Waals surface area contributed by atoms with Gasteiger partial charge in [-0.1, -0.05) is 12.1 Å². The van der Waals surface area contributed by atoms with Crippen LogP contribution in [0.4, 0.5) is 10.5 Å². The first-order valence-electron chi connectivity index (χ1n) is 6.36. The summed E-state index contributed by atoms with van der Waals surface area (Å²) in [5, 5.41) is 14.0. The number of carbonyl (C=O) groups excluding carboxylic acids is 1. The predicted molar refractivity (Wildman–Crippen MR) is 76.8 cm³/mol. The summed E-state index contributed by atoms with van der Waals surface area (Å²) in [5.74, 6) is -0.134. The number of aliphatic carboxylic acids is 1. The van der Waals surface area contributed by atoms with Gasteiger partial charge in [0.25, 0.3) is 0 Å². The van der Waals surface area contributed by atoms with E-state index in [9.17, 15) is 9.59 Å². The smallest absolute Gasteiger partial charge is 0.319 e. The van der Waals surface area contributed by atoms with Crippen LogP contribution < -0.4 is 10.6 Å². The SMILES string of the molecule is Cn1ccnc1CNC(=O)Nc1ccc(CC(=O)O)cc1. The van der Waals surface area contributed by atoms with Gasteiger partial charge in [0, 0.05) is 25.1 Å². The monoisotopic (exact) mass is 288 g/mol. The molecule has 0 saturated heterocycles. The maximum Gasteiger partial charge on any atom is 0.319 e. The van der Waals surface area contributed by atoms with E-state index in [1.807, 2.05) is 11.6 Å². The molecule has 0 aliphatic rings. The van der Waals surface area contributed by atoms with Crippen molar-refractivity contribution in [3.63, 3.8) is 0 Å². The summed E-state index contributed by atoms with van der Waals surface area (Å²) in [7, 11) is 1.85. The highest BCUT2D eigenvalue weighted by Gasteiger charge is 2.05. The van der Waals surface area contributed by atoms with Gasteiger partial charge in [-0.2, -0.15) is 0 Å². The number of aryl methyl sites for hydroxylation is 1. The molecule has 0 unspecified atom stereocenters. The molecule has 0 spiro atoms. The molecule has 0 bridgehead atoms. The minimum atomic E-state index is -0.886. The molecule has 1 aromatic carbocycles. The highest BCUT2D eigenvalue weighted by Crippen LogP contribution is 2.10. The summed E-state index contributed by atoms with van der Waals surface area (Å²) in [4.78, 5) is 26.4. The highest BCUT2D eigenvalue weighted by molar-refractivity contribution is 5.89. The molecule has 2 aromatic rings. The van der Waals surface area contributed by atoms with Crippen LogP contribution in [0.2, 0.25) is 0 Å². The summed E-state index contributed by atoms with van der Waals surface area (Å²) in [5.41, 5.74) is 1.28. The molecule has 3 N–H and O–H groups in total. The van der Waals surface area contributed by atoms with Gasteiger partial charge in [0.2, 0.25) is 0 Å². The summed E-state index contributed by atoms with van der Waals surface area (Å²) < 4.78 is 1.82. The van der Waals surface area contributed by atoms with Crippen LogP contribution in [0.25, 0.3) is 0 Å². The van der Waals surface area contributed by atoms with Crippen LogP contribution in [0.5, 0.6) is 0 Å². The van der Waals surface area contributed by atoms with Crippen molar-refractivity contribution >= 4 is 17.7 Å². The molecule has 21 heavy (non-hydrogen) atoms. The van der Waals surface area contributed by atoms with Gasteiger partial charge in [-0.3, -0.25) is 4.79 Å². The Labute approximate surface area is 121 Å². The van der Waals surface area contributed by atoms with E-state index in [1.54, 1.807) is 36.7 Å². The molecule has 1 heterocycles. The molecule has 7 heteroatoms. The molecule has 0 fully saturated rings. The first kappa shape index (κ1) is 14.6. The number of rotatable bonds is 5. The number of nitrogens with zero attached hydrogens (tertiary/aromatic N) is 2. The van der Waals surface area contributed by atoms with Crippen LogP contribution in [0, 0.1) is 0 Å². The number of imidazole rings is 1. The number of urea groups is 1. The fourth-order valence-electron chi connectivity index (χ4n) is 1.78. The summed E-state index contributed by atoms with van der Waals surface area (Å²) >= 11 is 0. The number of amides is 2. The molecule has 0 aliphatic heterocycles. The zero-order valence-corrected chi connectivity index (χ0v) is 11.5. The van der Waals surface area contributed by atoms with Gasteiger partial charge in [-0.05, 0) is 17.7 Å². The Kier molecular flexibility index (Phi) is 4.55. The number of nitrogens with one attached hydrogen (secondary N) is 2. The van der Waals surface area contributed by atoms with Crippen LogP contribution in [-0.4, -0.2) is 26.7 Å². The predicted octanol–water partition coefficient (Wildman–Crippen LogP) is 1.37. The second kappa shape index (κ2) is 6.56. The van der Waals surface area contributed by atoms with Crippen molar-refractivity contribution in [2.24, 2.45) is 7.05 Å². The summed E-state index contributed by atoms with van der Waals surface area (Å²) in [6.07, 6.45) is 3.43. The van der Waals surface area contributed by atoms with Crippen molar-refractivity contribution < 1.29 is 14.7 Å². The van der Waals surface area contributed by atoms with Gasteiger partial charge in [-0.25, -0.2) is 9.78 Å². The Morgan fingerprint density at radius 2 is 2.00 bits per heavy atom. The number of carboxylic acid groups (broad SMARTS) is 1. The van der Waals surface area contributed by atoms with Crippen LogP contribution in [0.3, 0.4) is 0 Å². The second-order valence-electron chi connectivity index (χ2n) is 4.53. The molecule has 7 nitrogen and oxygen atoms in total. The lowest BCUT2D eigenvalue weighted by atomic mass is 10.1. The van der Waals surface area contributed by atoms with Crippen molar-refractivity contribution in [1.82, 2.24) is 14.9 Å². The van der Waals surface area contributed by atoms with Crippen LogP contribution >= 0.6 is 0 Å². The van der Waals surface area contributed by atoms with Gasteiger partial charge in [-0.15, -0.1) is 0 Å². The Bertz CT molecular complexity index is 634. The first-order valence-corrected chi connectivity index (χ1v) is 6.36. The van der Waals surface area contributed by atoms with Crippen LogP contribution in [-0.2, 0) is 24.8 Å². The maximum atomic E-state index is 11.7. The number of benzene rings is 1. The van der Waals surface area contributed by atoms with Crippen molar-refractivity contribution in [2.45, 2.75) is 13.0 Å². The zero-order chi connectivity index (χ0) is 15.2. The standard InChI is InChI=1S/C14H16N4O3/c1-18-7-6-15-12(18)9-16-14(21)17-11-4-2-10(3-5-11)8-13(19)20/h2-7H,8-9H2,1H3,(H,19,20)(H2,16,17,21). The summed E-state index contributed by atoms with van der Waals surface area (Å²) in [6, 6.07) is 6.33. The number of carbonyl (C=O) groups is 2. The van der Waals surface area contributed by atoms with Gasteiger partial charge in [0.15, 0.2) is 0 Å². The Morgan fingerprint density at radius 3 is 2.57 bits per heavy atom. The van der Waals surface area contributed by atoms with E-state index in [4.69, 9.17) is 5.11 Å². The molecule has 110 valence electrons. The second-order valence-corrected chi connectivity index (χ2v) is 4.53. The third kappa shape index (κ3) is 4.34. The summed E-state index contributed by atoms with van der Waals surface area (Å²) in [6.45, 7) is 0.326. The molecule has 0 aliphatic carbocycles. The lowest BCUT2D eigenvalue weighted by Crippen LogP contribution is -2.29. The van der Waals surface area contributed by atoms with E-state index in [-0.39, 0.29) is 12.5 Å². The van der Waals surface area contributed by atoms with Crippen LogP contribution in [0.15, 0.2) is 36.7 Å². The number of hydrogen-bond donors (Lipinski definition) is 3. The molecule has 1 aromatic heterocycles. The van der Waals surface area contributed by atoms with Gasteiger partial charge in [0.05, 0.1) is 13.0 Å². The normalized spacial score (nSPS) is 10.1. The fraction of sp³-hybridized carbons (Fsp3) is 0.214. The fourth-order valence-corrected chi connectivity index (χ4v) is 1.78. The number of aromatic nitrogens is 2. The molecule has 0 radical (unpaired) electrons. The molecule has 0 atom stereocenters. The van der Waals surface area contributed by atoms with Crippen molar-refractivity contribution in [2.75, 3.05) is 5.32 Å². The quantitative estimate of drug-likeness (QED) is 0.774. The lowest BCUT2D eigenvalue weighted by Gasteiger charge is -2.08. The topological polar surface area (TPSA) is 96.3 Å². The average molecular weight is 288 g/mol. The maximum absolute atomic E-state index is 11.7. The van der Waals surface area contributed by atoms with E-state index >= 15 is 0 Å². The molecule has 2 amide bonds. The highest BCUT2D eigenvalue weighted by atomic mass is 16.4. The Hall–Kier alpha value is -2.83. The Morgan fingerprint density at radius 1 is 1.29 bits per heavy atom. The van der Waals surface area contributed by atoms with Crippen molar-refractivity contribution in [3.8, 4) is 0 Å². The third-order valence-corrected chi connectivity index (χ3v) is 2.90. The van der Waals surface area contributed by atoms with Crippen molar-refractivity contribution in [3.05, 3.63) is 48.0 Å². The molecular weight excluding hydrogens is 272 g/mol. The van der Waals surface area contributed by atoms with E-state index < -0.39 is 5.97 Å². The number of carboxylic acids is 1. The molecular formula is C14H16N4O3. The third-order valence-electron chi connectivity index (χ3n) is 2.90. The average Bonchev–Trinajstić information content (AvgIpc) is 2.84. The number of hydrogen-bond acceptors (Lipinski definition) is 3. The first-order chi connectivity index (χ1) is 10.0. The van der Waals surface area contributed by atoms with Gasteiger partial charge >= 0.3 is 12.0 Å². The lowest BCUT2D eigenvalue weighted by molar-refractivity contribution is -0.136. The Balaban J connectivity index is 1.85. The van der Waals surface area contributed by atoms with Crippen LogP contribution in [0.1, 0.15) is 11.4 Å². The van der Waals surface area contributed by atoms with E-state index in [2.05, 4.69) is 15.6 Å². The minimum Gasteiger partial charge on any atom is -0.481 e. The zero-order valence-electron chi connectivity index (χ0n) is 11.5.